The second-order valence-electron chi connectivity index (χ2n) is 9.84. The molecule has 3 heterocycles. The number of carbonyl (C=O) groups is 2. The van der Waals surface area contributed by atoms with Crippen LogP contribution in [0.1, 0.15) is 53.4 Å². The number of anilines is 1. The van der Waals surface area contributed by atoms with Gasteiger partial charge in [-0.25, -0.2) is 9.97 Å². The van der Waals surface area contributed by atoms with Gasteiger partial charge in [0.05, 0.1) is 11.3 Å². The molecular formula is C29H33N5O2. The van der Waals surface area contributed by atoms with Crippen LogP contribution in [0.5, 0.6) is 0 Å². The van der Waals surface area contributed by atoms with E-state index in [9.17, 15) is 9.59 Å². The van der Waals surface area contributed by atoms with E-state index >= 15 is 0 Å². The smallest absolute Gasteiger partial charge is 0.257 e. The van der Waals surface area contributed by atoms with Crippen molar-refractivity contribution in [3.63, 3.8) is 0 Å². The predicted molar refractivity (Wildman–Crippen MR) is 139 cm³/mol. The lowest BCUT2D eigenvalue weighted by molar-refractivity contribution is -0.116. The number of rotatable bonds is 3. The molecule has 0 spiro atoms. The van der Waals surface area contributed by atoms with Gasteiger partial charge in [0.1, 0.15) is 6.33 Å². The Morgan fingerprint density at radius 2 is 1.72 bits per heavy atom. The van der Waals surface area contributed by atoms with E-state index in [0.29, 0.717) is 36.9 Å². The van der Waals surface area contributed by atoms with Gasteiger partial charge in [-0.2, -0.15) is 0 Å². The van der Waals surface area contributed by atoms with E-state index < -0.39 is 0 Å². The first-order chi connectivity index (χ1) is 17.5. The Morgan fingerprint density at radius 1 is 0.972 bits per heavy atom. The van der Waals surface area contributed by atoms with Crippen LogP contribution in [-0.2, 0) is 17.9 Å². The topological polar surface area (TPSA) is 69.6 Å². The number of carbonyl (C=O) groups excluding carboxylic acids is 2. The molecule has 2 aliphatic rings. The van der Waals surface area contributed by atoms with E-state index in [1.165, 1.54) is 11.9 Å². The number of amides is 2. The average Bonchev–Trinajstić information content (AvgIpc) is 3.24. The second kappa shape index (κ2) is 10.6. The normalized spacial score (nSPS) is 20.5. The van der Waals surface area contributed by atoms with Crippen LogP contribution >= 0.6 is 0 Å². The summed E-state index contributed by atoms with van der Waals surface area (Å²) in [5, 5.41) is 0. The molecule has 2 aliphatic heterocycles. The lowest BCUT2D eigenvalue weighted by Gasteiger charge is -2.34. The molecule has 1 saturated heterocycles. The molecule has 1 fully saturated rings. The van der Waals surface area contributed by atoms with Crippen LogP contribution in [0.3, 0.4) is 0 Å². The molecule has 0 saturated carbocycles. The van der Waals surface area contributed by atoms with Crippen LogP contribution in [0.4, 0.5) is 5.69 Å². The van der Waals surface area contributed by atoms with E-state index in [2.05, 4.69) is 39.1 Å². The quantitative estimate of drug-likeness (QED) is 0.558. The maximum absolute atomic E-state index is 13.9. The molecular weight excluding hydrogens is 450 g/mol. The summed E-state index contributed by atoms with van der Waals surface area (Å²) in [4.78, 5) is 41.4. The summed E-state index contributed by atoms with van der Waals surface area (Å²) in [6, 6.07) is 19.1. The molecule has 2 atom stereocenters. The summed E-state index contributed by atoms with van der Waals surface area (Å²) in [5.41, 5.74) is 4.33. The minimum Gasteiger partial charge on any atom is -0.333 e. The van der Waals surface area contributed by atoms with Gasteiger partial charge in [-0.3, -0.25) is 14.5 Å². The minimum absolute atomic E-state index is 0.0241. The third-order valence-electron chi connectivity index (χ3n) is 7.55. The highest BCUT2D eigenvalue weighted by Gasteiger charge is 2.37. The van der Waals surface area contributed by atoms with Crippen molar-refractivity contribution in [1.82, 2.24) is 19.8 Å². The number of aromatic nitrogens is 2. The summed E-state index contributed by atoms with van der Waals surface area (Å²) in [6.07, 6.45) is 6.06. The summed E-state index contributed by atoms with van der Waals surface area (Å²) in [6.45, 7) is 6.01. The number of hydrogen-bond acceptors (Lipinski definition) is 5. The lowest BCUT2D eigenvalue weighted by Crippen LogP contribution is -2.45. The van der Waals surface area contributed by atoms with Crippen LogP contribution < -0.4 is 4.90 Å². The molecule has 1 aromatic heterocycles. The SMILES string of the molecule is CC(=O)N1CC[C@@H]2CC[C@H](CN(C(=O)c3cncnc3C)Cc3ccccc31)N2Cc1ccccc1. The van der Waals surface area contributed by atoms with Crippen molar-refractivity contribution in [1.29, 1.82) is 0 Å². The van der Waals surface area contributed by atoms with E-state index in [1.54, 1.807) is 13.1 Å². The van der Waals surface area contributed by atoms with Gasteiger partial charge in [-0.1, -0.05) is 48.5 Å². The van der Waals surface area contributed by atoms with Gasteiger partial charge >= 0.3 is 0 Å². The van der Waals surface area contributed by atoms with Gasteiger partial charge in [-0.15, -0.1) is 0 Å². The maximum Gasteiger partial charge on any atom is 0.257 e. The summed E-state index contributed by atoms with van der Waals surface area (Å²) in [7, 11) is 0. The third-order valence-corrected chi connectivity index (χ3v) is 7.55. The number of fused-ring (bicyclic) bond motifs is 3. The van der Waals surface area contributed by atoms with Crippen molar-refractivity contribution in [2.75, 3.05) is 18.0 Å². The monoisotopic (exact) mass is 483 g/mol. The Morgan fingerprint density at radius 3 is 2.50 bits per heavy atom. The Balaban J connectivity index is 1.55. The predicted octanol–water partition coefficient (Wildman–Crippen LogP) is 4.22. The summed E-state index contributed by atoms with van der Waals surface area (Å²) >= 11 is 0. The van der Waals surface area contributed by atoms with Crippen LogP contribution in [-0.4, -0.2) is 56.8 Å². The zero-order valence-electron chi connectivity index (χ0n) is 21.0. The third kappa shape index (κ3) is 5.02. The molecule has 36 heavy (non-hydrogen) atoms. The van der Waals surface area contributed by atoms with Gasteiger partial charge in [0, 0.05) is 57.1 Å². The van der Waals surface area contributed by atoms with Crippen molar-refractivity contribution in [3.8, 4) is 0 Å². The molecule has 7 nitrogen and oxygen atoms in total. The molecule has 3 aromatic rings. The van der Waals surface area contributed by atoms with Gasteiger partial charge in [0.15, 0.2) is 0 Å². The molecule has 0 aliphatic carbocycles. The number of hydrogen-bond donors (Lipinski definition) is 0. The fourth-order valence-corrected chi connectivity index (χ4v) is 5.66. The largest absolute Gasteiger partial charge is 0.333 e. The van der Waals surface area contributed by atoms with Gasteiger partial charge in [-0.05, 0) is 43.4 Å². The molecule has 5 rings (SSSR count). The minimum atomic E-state index is -0.0698. The molecule has 186 valence electrons. The second-order valence-corrected chi connectivity index (χ2v) is 9.84. The van der Waals surface area contributed by atoms with Gasteiger partial charge in [0.2, 0.25) is 5.91 Å². The summed E-state index contributed by atoms with van der Waals surface area (Å²) < 4.78 is 0. The number of aryl methyl sites for hydroxylation is 1. The molecule has 0 unspecified atom stereocenters. The lowest BCUT2D eigenvalue weighted by atomic mass is 10.1. The Hall–Kier alpha value is -3.58. The molecule has 2 amide bonds. The van der Waals surface area contributed by atoms with Gasteiger partial charge < -0.3 is 9.80 Å². The highest BCUT2D eigenvalue weighted by Crippen LogP contribution is 2.33. The standard InChI is InChI=1S/C29H33N5O2/c1-21-27(16-30-20-31-21)29(36)32-18-24-10-6-7-11-28(24)33(22(2)35)15-14-25-12-13-26(19-32)34(25)17-23-8-4-3-5-9-23/h3-11,16,20,25-26H,12-15,17-19H2,1-2H3/t25-,26+/m0/s1. The van der Waals surface area contributed by atoms with E-state index in [1.807, 2.05) is 47.1 Å². The zero-order chi connectivity index (χ0) is 25.1. The van der Waals surface area contributed by atoms with Crippen LogP contribution in [0, 0.1) is 6.92 Å². The number of benzene rings is 2. The first-order valence-corrected chi connectivity index (χ1v) is 12.7. The van der Waals surface area contributed by atoms with Crippen LogP contribution in [0.15, 0.2) is 67.1 Å². The molecule has 2 aromatic carbocycles. The highest BCUT2D eigenvalue weighted by molar-refractivity contribution is 5.95. The maximum atomic E-state index is 13.9. The van der Waals surface area contributed by atoms with E-state index in [-0.39, 0.29) is 17.9 Å². The first kappa shape index (κ1) is 24.1. The zero-order valence-corrected chi connectivity index (χ0v) is 21.0. The van der Waals surface area contributed by atoms with Crippen LogP contribution in [0.25, 0.3) is 0 Å². The van der Waals surface area contributed by atoms with Crippen molar-refractivity contribution >= 4 is 17.5 Å². The highest BCUT2D eigenvalue weighted by atomic mass is 16.2. The molecule has 0 N–H and O–H groups in total. The van der Waals surface area contributed by atoms with Crippen molar-refractivity contribution in [3.05, 3.63) is 89.5 Å². The van der Waals surface area contributed by atoms with Crippen LogP contribution in [0.2, 0.25) is 0 Å². The fraction of sp³-hybridized carbons (Fsp3) is 0.379. The number of para-hydroxylation sites is 1. The summed E-state index contributed by atoms with van der Waals surface area (Å²) in [5.74, 6) is -0.0457. The molecule has 0 radical (unpaired) electrons. The molecule has 7 heteroatoms. The van der Waals surface area contributed by atoms with Crippen molar-refractivity contribution < 1.29 is 9.59 Å². The van der Waals surface area contributed by atoms with E-state index in [4.69, 9.17) is 0 Å². The van der Waals surface area contributed by atoms with Crippen molar-refractivity contribution in [2.45, 2.75) is 58.3 Å². The van der Waals surface area contributed by atoms with Gasteiger partial charge in [0.25, 0.3) is 5.91 Å². The van der Waals surface area contributed by atoms with E-state index in [0.717, 1.165) is 37.1 Å². The Bertz CT molecular complexity index is 1230. The average molecular weight is 484 g/mol. The number of nitrogens with zero attached hydrogens (tertiary/aromatic N) is 5. The Kier molecular flexibility index (Phi) is 7.09. The Labute approximate surface area is 212 Å². The first-order valence-electron chi connectivity index (χ1n) is 12.7. The molecule has 2 bridgehead atoms. The fourth-order valence-electron chi connectivity index (χ4n) is 5.66. The van der Waals surface area contributed by atoms with Crippen molar-refractivity contribution in [2.24, 2.45) is 0 Å².